The van der Waals surface area contributed by atoms with Crippen LogP contribution in [0.25, 0.3) is 27.6 Å². The van der Waals surface area contributed by atoms with E-state index in [1.54, 1.807) is 17.7 Å². The van der Waals surface area contributed by atoms with Crippen molar-refractivity contribution in [2.45, 2.75) is 26.7 Å². The standard InChI is InChI=1S/C21H20N4O4S/c1-3-28-20(27)9-8-19(26)23-18-10-13(2)24-25(18)21-22-15(12-30-21)17-11-14-6-4-5-7-16(14)29-17/h4-7,10-12H,3,8-9H2,1-2H3,(H,23,26). The Kier molecular flexibility index (Phi) is 5.62. The fourth-order valence-electron chi connectivity index (χ4n) is 2.97. The van der Waals surface area contributed by atoms with Gasteiger partial charge in [0.2, 0.25) is 11.0 Å². The number of rotatable bonds is 7. The summed E-state index contributed by atoms with van der Waals surface area (Å²) >= 11 is 1.39. The van der Waals surface area contributed by atoms with Crippen LogP contribution >= 0.6 is 11.3 Å². The highest BCUT2D eigenvalue weighted by Crippen LogP contribution is 2.30. The molecule has 154 valence electrons. The van der Waals surface area contributed by atoms with E-state index in [2.05, 4.69) is 15.4 Å². The van der Waals surface area contributed by atoms with Gasteiger partial charge in [-0.05, 0) is 26.0 Å². The minimum Gasteiger partial charge on any atom is -0.466 e. The molecule has 3 aromatic heterocycles. The second-order valence-electron chi connectivity index (χ2n) is 6.60. The number of esters is 1. The first-order chi connectivity index (χ1) is 14.5. The van der Waals surface area contributed by atoms with Gasteiger partial charge in [-0.25, -0.2) is 4.98 Å². The molecule has 0 saturated carbocycles. The number of carbonyl (C=O) groups is 2. The van der Waals surface area contributed by atoms with Gasteiger partial charge in [0, 0.05) is 23.3 Å². The monoisotopic (exact) mass is 424 g/mol. The van der Waals surface area contributed by atoms with Crippen LogP contribution in [-0.4, -0.2) is 33.2 Å². The number of carbonyl (C=O) groups excluding carboxylic acids is 2. The lowest BCUT2D eigenvalue weighted by Crippen LogP contribution is -2.16. The lowest BCUT2D eigenvalue weighted by Gasteiger charge is -2.06. The molecule has 0 bridgehead atoms. The SMILES string of the molecule is CCOC(=O)CCC(=O)Nc1cc(C)nn1-c1nc(-c2cc3ccccc3o2)cs1. The molecule has 0 aliphatic rings. The summed E-state index contributed by atoms with van der Waals surface area (Å²) < 4.78 is 12.3. The predicted molar refractivity (Wildman–Crippen MR) is 114 cm³/mol. The average Bonchev–Trinajstić information content (AvgIpc) is 3.44. The number of thiazole rings is 1. The Morgan fingerprint density at radius 3 is 2.87 bits per heavy atom. The molecule has 0 aliphatic carbocycles. The number of amides is 1. The zero-order chi connectivity index (χ0) is 21.1. The molecule has 0 spiro atoms. The summed E-state index contributed by atoms with van der Waals surface area (Å²) in [6.45, 7) is 3.86. The van der Waals surface area contributed by atoms with Gasteiger partial charge in [-0.2, -0.15) is 9.78 Å². The van der Waals surface area contributed by atoms with Crippen molar-refractivity contribution in [3.8, 4) is 16.6 Å². The number of anilines is 1. The largest absolute Gasteiger partial charge is 0.466 e. The minimum atomic E-state index is -0.396. The quantitative estimate of drug-likeness (QED) is 0.443. The second-order valence-corrected chi connectivity index (χ2v) is 7.44. The number of hydrogen-bond acceptors (Lipinski definition) is 7. The highest BCUT2D eigenvalue weighted by molar-refractivity contribution is 7.12. The Bertz CT molecular complexity index is 1170. The maximum absolute atomic E-state index is 12.2. The van der Waals surface area contributed by atoms with Crippen LogP contribution in [0.3, 0.4) is 0 Å². The molecule has 1 aromatic carbocycles. The number of hydrogen-bond donors (Lipinski definition) is 1. The summed E-state index contributed by atoms with van der Waals surface area (Å²) in [5, 5.41) is 10.7. The van der Waals surface area contributed by atoms with E-state index in [-0.39, 0.29) is 18.7 Å². The Morgan fingerprint density at radius 1 is 1.23 bits per heavy atom. The van der Waals surface area contributed by atoms with Crippen molar-refractivity contribution in [3.63, 3.8) is 0 Å². The van der Waals surface area contributed by atoms with E-state index in [0.717, 1.165) is 16.7 Å². The van der Waals surface area contributed by atoms with Crippen LogP contribution in [0.5, 0.6) is 0 Å². The third-order valence-corrected chi connectivity index (χ3v) is 5.13. The van der Waals surface area contributed by atoms with Crippen molar-refractivity contribution in [1.29, 1.82) is 0 Å². The molecule has 1 amide bonds. The molecule has 0 atom stereocenters. The number of nitrogens with one attached hydrogen (secondary N) is 1. The zero-order valence-electron chi connectivity index (χ0n) is 16.5. The van der Waals surface area contributed by atoms with Crippen LogP contribution in [-0.2, 0) is 14.3 Å². The summed E-state index contributed by atoms with van der Waals surface area (Å²) in [6.07, 6.45) is 0.0609. The third-order valence-electron chi connectivity index (χ3n) is 4.31. The van der Waals surface area contributed by atoms with Gasteiger partial charge in [0.25, 0.3) is 0 Å². The van der Waals surface area contributed by atoms with Gasteiger partial charge in [-0.15, -0.1) is 11.3 Å². The van der Waals surface area contributed by atoms with Crippen molar-refractivity contribution in [2.75, 3.05) is 11.9 Å². The number of nitrogens with zero attached hydrogens (tertiary/aromatic N) is 3. The van der Waals surface area contributed by atoms with Crippen molar-refractivity contribution >= 4 is 40.0 Å². The van der Waals surface area contributed by atoms with Crippen LogP contribution in [0, 0.1) is 6.92 Å². The van der Waals surface area contributed by atoms with Crippen LogP contribution in [0.4, 0.5) is 5.82 Å². The molecule has 30 heavy (non-hydrogen) atoms. The van der Waals surface area contributed by atoms with Crippen LogP contribution < -0.4 is 5.32 Å². The van der Waals surface area contributed by atoms with Crippen molar-refractivity contribution in [1.82, 2.24) is 14.8 Å². The number of aromatic nitrogens is 3. The molecule has 0 fully saturated rings. The van der Waals surface area contributed by atoms with E-state index in [1.807, 2.05) is 42.6 Å². The van der Waals surface area contributed by atoms with E-state index < -0.39 is 5.97 Å². The number of benzene rings is 1. The fourth-order valence-corrected chi connectivity index (χ4v) is 3.75. The van der Waals surface area contributed by atoms with E-state index >= 15 is 0 Å². The van der Waals surface area contributed by atoms with Crippen molar-refractivity contribution in [2.24, 2.45) is 0 Å². The summed E-state index contributed by atoms with van der Waals surface area (Å²) in [4.78, 5) is 28.3. The molecular formula is C21H20N4O4S. The summed E-state index contributed by atoms with van der Waals surface area (Å²) in [5.74, 6) is 0.473. The van der Waals surface area contributed by atoms with Gasteiger partial charge in [-0.3, -0.25) is 9.59 Å². The summed E-state index contributed by atoms with van der Waals surface area (Å²) in [7, 11) is 0. The van der Waals surface area contributed by atoms with E-state index in [4.69, 9.17) is 9.15 Å². The maximum atomic E-state index is 12.2. The topological polar surface area (TPSA) is 99.2 Å². The van der Waals surface area contributed by atoms with Crippen molar-refractivity contribution < 1.29 is 18.7 Å². The van der Waals surface area contributed by atoms with Gasteiger partial charge in [0.15, 0.2) is 5.76 Å². The molecule has 9 heteroatoms. The first kappa shape index (κ1) is 19.8. The Labute approximate surface area is 176 Å². The number of fused-ring (bicyclic) bond motifs is 1. The normalized spacial score (nSPS) is 11.0. The smallest absolute Gasteiger partial charge is 0.306 e. The lowest BCUT2D eigenvalue weighted by atomic mass is 10.2. The molecule has 0 aliphatic heterocycles. The minimum absolute atomic E-state index is 0.0280. The summed E-state index contributed by atoms with van der Waals surface area (Å²) in [5.41, 5.74) is 2.22. The highest BCUT2D eigenvalue weighted by Gasteiger charge is 2.16. The molecule has 0 saturated heterocycles. The Hall–Kier alpha value is -3.46. The number of ether oxygens (including phenoxy) is 1. The summed E-state index contributed by atoms with van der Waals surface area (Å²) in [6, 6.07) is 11.5. The third kappa shape index (κ3) is 4.25. The van der Waals surface area contributed by atoms with E-state index in [9.17, 15) is 9.59 Å². The van der Waals surface area contributed by atoms with Crippen LogP contribution in [0.15, 0.2) is 46.2 Å². The van der Waals surface area contributed by atoms with Gasteiger partial charge in [-0.1, -0.05) is 18.2 Å². The molecule has 0 radical (unpaired) electrons. The van der Waals surface area contributed by atoms with Crippen LogP contribution in [0.2, 0.25) is 0 Å². The molecule has 4 rings (SSSR count). The van der Waals surface area contributed by atoms with E-state index in [1.165, 1.54) is 11.3 Å². The van der Waals surface area contributed by atoms with Gasteiger partial charge < -0.3 is 14.5 Å². The zero-order valence-corrected chi connectivity index (χ0v) is 17.4. The lowest BCUT2D eigenvalue weighted by molar-refractivity contribution is -0.144. The second kappa shape index (κ2) is 8.50. The predicted octanol–water partition coefficient (Wildman–Crippen LogP) is 4.33. The highest BCUT2D eigenvalue weighted by atomic mass is 32.1. The molecule has 4 aromatic rings. The maximum Gasteiger partial charge on any atom is 0.306 e. The average molecular weight is 424 g/mol. The fraction of sp³-hybridized carbons (Fsp3) is 0.238. The first-order valence-electron chi connectivity index (χ1n) is 9.50. The number of furan rings is 1. The van der Waals surface area contributed by atoms with Crippen LogP contribution in [0.1, 0.15) is 25.5 Å². The Balaban J connectivity index is 1.52. The molecular weight excluding hydrogens is 404 g/mol. The first-order valence-corrected chi connectivity index (χ1v) is 10.4. The number of aryl methyl sites for hydroxylation is 1. The number of para-hydroxylation sites is 1. The van der Waals surface area contributed by atoms with Crippen molar-refractivity contribution in [3.05, 3.63) is 47.5 Å². The molecule has 1 N–H and O–H groups in total. The van der Waals surface area contributed by atoms with Gasteiger partial charge >= 0.3 is 5.97 Å². The Morgan fingerprint density at radius 2 is 2.07 bits per heavy atom. The molecule has 0 unspecified atom stereocenters. The van der Waals surface area contributed by atoms with Gasteiger partial charge in [0.05, 0.1) is 18.7 Å². The van der Waals surface area contributed by atoms with E-state index in [0.29, 0.717) is 29.0 Å². The molecule has 8 nitrogen and oxygen atoms in total. The molecule has 3 heterocycles. The van der Waals surface area contributed by atoms with Gasteiger partial charge in [0.1, 0.15) is 17.1 Å².